The Kier molecular flexibility index (Phi) is 6.06. The first-order valence-electron chi connectivity index (χ1n) is 9.41. The second kappa shape index (κ2) is 8.91. The van der Waals surface area contributed by atoms with Gasteiger partial charge < -0.3 is 14.4 Å². The molecule has 10 heteroatoms. The van der Waals surface area contributed by atoms with Crippen LogP contribution in [0.4, 0.5) is 10.8 Å². The van der Waals surface area contributed by atoms with Crippen LogP contribution in [0.3, 0.4) is 0 Å². The number of rotatable bonds is 6. The Bertz CT molecular complexity index is 1120. The standard InChI is InChI=1S/C21H19ClN4O4S/c1-29-16-8-3-12(9-17(16)30-2)19(28)23-21-25-24-20(31-21)13-10-18(27)26(11-13)15-6-4-14(22)5-7-15/h3-9,13H,10-11H2,1-2H3,(H,23,25,28)/t13-/m1/s1. The van der Waals surface area contributed by atoms with Gasteiger partial charge in [-0.25, -0.2) is 0 Å². The molecule has 0 aliphatic carbocycles. The molecule has 0 spiro atoms. The number of nitrogens with zero attached hydrogens (tertiary/aromatic N) is 3. The molecule has 1 aliphatic rings. The lowest BCUT2D eigenvalue weighted by atomic mass is 10.1. The first-order chi connectivity index (χ1) is 15.0. The SMILES string of the molecule is COc1ccc(C(=O)Nc2nnc([C@@H]3CC(=O)N(c4ccc(Cl)cc4)C3)s2)cc1OC. The van der Waals surface area contributed by atoms with Crippen LogP contribution in [0.15, 0.2) is 42.5 Å². The Morgan fingerprint density at radius 2 is 1.87 bits per heavy atom. The van der Waals surface area contributed by atoms with Crippen molar-refractivity contribution in [2.45, 2.75) is 12.3 Å². The molecule has 2 heterocycles. The van der Waals surface area contributed by atoms with Crippen molar-refractivity contribution in [3.8, 4) is 11.5 Å². The quantitative estimate of drug-likeness (QED) is 0.600. The van der Waals surface area contributed by atoms with Gasteiger partial charge in [0.15, 0.2) is 11.5 Å². The van der Waals surface area contributed by atoms with Crippen LogP contribution in [0.2, 0.25) is 5.02 Å². The fraction of sp³-hybridized carbons (Fsp3) is 0.238. The lowest BCUT2D eigenvalue weighted by Gasteiger charge is -2.16. The third kappa shape index (κ3) is 4.47. The maximum Gasteiger partial charge on any atom is 0.257 e. The highest BCUT2D eigenvalue weighted by molar-refractivity contribution is 7.15. The van der Waals surface area contributed by atoms with E-state index in [1.165, 1.54) is 25.6 Å². The molecule has 3 aromatic rings. The zero-order chi connectivity index (χ0) is 22.0. The predicted molar refractivity (Wildman–Crippen MR) is 119 cm³/mol. The first-order valence-corrected chi connectivity index (χ1v) is 10.6. The zero-order valence-electron chi connectivity index (χ0n) is 16.8. The minimum absolute atomic E-state index is 0.0124. The van der Waals surface area contributed by atoms with Gasteiger partial charge in [0.1, 0.15) is 5.01 Å². The molecular weight excluding hydrogens is 440 g/mol. The highest BCUT2D eigenvalue weighted by Gasteiger charge is 2.34. The Balaban J connectivity index is 1.44. The number of hydrogen-bond donors (Lipinski definition) is 1. The second-order valence-electron chi connectivity index (χ2n) is 6.85. The minimum atomic E-state index is -0.339. The van der Waals surface area contributed by atoms with E-state index in [1.807, 2.05) is 12.1 Å². The van der Waals surface area contributed by atoms with Crippen LogP contribution in [0, 0.1) is 0 Å². The highest BCUT2D eigenvalue weighted by Crippen LogP contribution is 2.35. The summed E-state index contributed by atoms with van der Waals surface area (Å²) < 4.78 is 10.4. The maximum atomic E-state index is 12.6. The zero-order valence-corrected chi connectivity index (χ0v) is 18.4. The van der Waals surface area contributed by atoms with Crippen LogP contribution < -0.4 is 19.7 Å². The van der Waals surface area contributed by atoms with Crippen molar-refractivity contribution < 1.29 is 19.1 Å². The molecule has 1 saturated heterocycles. The summed E-state index contributed by atoms with van der Waals surface area (Å²) in [5.41, 5.74) is 1.20. The van der Waals surface area contributed by atoms with Crippen LogP contribution in [0.1, 0.15) is 27.7 Å². The summed E-state index contributed by atoms with van der Waals surface area (Å²) >= 11 is 7.19. The molecule has 1 aromatic heterocycles. The molecule has 2 amide bonds. The van der Waals surface area contributed by atoms with E-state index in [-0.39, 0.29) is 17.7 Å². The first kappa shape index (κ1) is 21.1. The number of ether oxygens (including phenoxy) is 2. The van der Waals surface area contributed by atoms with E-state index in [0.29, 0.717) is 45.2 Å². The van der Waals surface area contributed by atoms with Gasteiger partial charge in [-0.2, -0.15) is 0 Å². The summed E-state index contributed by atoms with van der Waals surface area (Å²) in [6.45, 7) is 0.499. The smallest absolute Gasteiger partial charge is 0.257 e. The van der Waals surface area contributed by atoms with Gasteiger partial charge in [-0.3, -0.25) is 14.9 Å². The number of anilines is 2. The summed E-state index contributed by atoms with van der Waals surface area (Å²) in [6, 6.07) is 12.0. The van der Waals surface area contributed by atoms with Crippen LogP contribution in [0.25, 0.3) is 0 Å². The molecule has 0 unspecified atom stereocenters. The molecule has 1 fully saturated rings. The number of methoxy groups -OCH3 is 2. The monoisotopic (exact) mass is 458 g/mol. The third-order valence-corrected chi connectivity index (χ3v) is 6.17. The number of carbonyl (C=O) groups is 2. The molecule has 1 aliphatic heterocycles. The summed E-state index contributed by atoms with van der Waals surface area (Å²) in [6.07, 6.45) is 0.334. The normalized spacial score (nSPS) is 15.8. The summed E-state index contributed by atoms with van der Waals surface area (Å²) in [5.74, 6) is 0.577. The Labute approximate surface area is 187 Å². The van der Waals surface area contributed by atoms with Gasteiger partial charge in [0.05, 0.1) is 14.2 Å². The molecule has 1 N–H and O–H groups in total. The van der Waals surface area contributed by atoms with Gasteiger partial charge in [-0.15, -0.1) is 10.2 Å². The van der Waals surface area contributed by atoms with E-state index < -0.39 is 0 Å². The molecule has 160 valence electrons. The molecule has 0 bridgehead atoms. The summed E-state index contributed by atoms with van der Waals surface area (Å²) in [5, 5.41) is 12.7. The summed E-state index contributed by atoms with van der Waals surface area (Å²) in [7, 11) is 3.04. The number of aromatic nitrogens is 2. The third-order valence-electron chi connectivity index (χ3n) is 4.92. The fourth-order valence-corrected chi connectivity index (χ4v) is 4.30. The van der Waals surface area contributed by atoms with Crippen LogP contribution in [0.5, 0.6) is 11.5 Å². The largest absolute Gasteiger partial charge is 0.493 e. The molecule has 8 nitrogen and oxygen atoms in total. The molecular formula is C21H19ClN4O4S. The average Bonchev–Trinajstić information content (AvgIpc) is 3.40. The van der Waals surface area contributed by atoms with Crippen molar-refractivity contribution in [2.75, 3.05) is 31.0 Å². The molecule has 31 heavy (non-hydrogen) atoms. The van der Waals surface area contributed by atoms with Gasteiger partial charge >= 0.3 is 0 Å². The van der Waals surface area contributed by atoms with E-state index in [4.69, 9.17) is 21.1 Å². The molecule has 2 aromatic carbocycles. The lowest BCUT2D eigenvalue weighted by molar-refractivity contribution is -0.117. The molecule has 0 saturated carbocycles. The van der Waals surface area contributed by atoms with Gasteiger partial charge in [-0.1, -0.05) is 22.9 Å². The number of benzene rings is 2. The van der Waals surface area contributed by atoms with E-state index in [0.717, 1.165) is 5.69 Å². The lowest BCUT2D eigenvalue weighted by Crippen LogP contribution is -2.24. The number of amides is 2. The van der Waals surface area contributed by atoms with Crippen molar-refractivity contribution >= 4 is 45.6 Å². The van der Waals surface area contributed by atoms with Crippen LogP contribution >= 0.6 is 22.9 Å². The predicted octanol–water partition coefficient (Wildman–Crippen LogP) is 3.98. The van der Waals surface area contributed by atoms with Gasteiger partial charge in [-0.05, 0) is 42.5 Å². The van der Waals surface area contributed by atoms with Gasteiger partial charge in [0.25, 0.3) is 5.91 Å². The second-order valence-corrected chi connectivity index (χ2v) is 8.30. The minimum Gasteiger partial charge on any atom is -0.493 e. The van der Waals surface area contributed by atoms with Crippen molar-refractivity contribution in [3.05, 3.63) is 58.1 Å². The van der Waals surface area contributed by atoms with E-state index >= 15 is 0 Å². The van der Waals surface area contributed by atoms with Crippen molar-refractivity contribution in [1.29, 1.82) is 0 Å². The van der Waals surface area contributed by atoms with Crippen molar-refractivity contribution in [2.24, 2.45) is 0 Å². The average molecular weight is 459 g/mol. The number of nitrogens with one attached hydrogen (secondary N) is 1. The molecule has 4 rings (SSSR count). The summed E-state index contributed by atoms with van der Waals surface area (Å²) in [4.78, 5) is 26.8. The Hall–Kier alpha value is -3.17. The fourth-order valence-electron chi connectivity index (χ4n) is 3.34. The van der Waals surface area contributed by atoms with Crippen LogP contribution in [-0.4, -0.2) is 42.8 Å². The Morgan fingerprint density at radius 1 is 1.13 bits per heavy atom. The van der Waals surface area contributed by atoms with Gasteiger partial charge in [0.2, 0.25) is 11.0 Å². The topological polar surface area (TPSA) is 93.7 Å². The van der Waals surface area contributed by atoms with Crippen molar-refractivity contribution in [3.63, 3.8) is 0 Å². The maximum absolute atomic E-state index is 12.6. The number of hydrogen-bond acceptors (Lipinski definition) is 7. The van der Waals surface area contributed by atoms with E-state index in [9.17, 15) is 9.59 Å². The van der Waals surface area contributed by atoms with Crippen molar-refractivity contribution in [1.82, 2.24) is 10.2 Å². The molecule has 1 atom stereocenters. The highest BCUT2D eigenvalue weighted by atomic mass is 35.5. The number of halogens is 1. The van der Waals surface area contributed by atoms with Crippen LogP contribution in [-0.2, 0) is 4.79 Å². The number of carbonyl (C=O) groups excluding carboxylic acids is 2. The van der Waals surface area contributed by atoms with E-state index in [2.05, 4.69) is 15.5 Å². The van der Waals surface area contributed by atoms with Gasteiger partial charge in [0, 0.05) is 35.2 Å². The van der Waals surface area contributed by atoms with E-state index in [1.54, 1.807) is 35.2 Å². The Morgan fingerprint density at radius 3 is 2.58 bits per heavy atom. The molecule has 0 radical (unpaired) electrons.